The van der Waals surface area contributed by atoms with Crippen LogP contribution in [0.3, 0.4) is 0 Å². The summed E-state index contributed by atoms with van der Waals surface area (Å²) < 4.78 is 116. The monoisotopic (exact) mass is 576 g/mol. The fourth-order valence-corrected chi connectivity index (χ4v) is 5.81. The highest BCUT2D eigenvalue weighted by Gasteiger charge is 2.44. The molecule has 2 aliphatic heterocycles. The number of aromatic nitrogens is 1. The Bertz CT molecular complexity index is 1350. The van der Waals surface area contributed by atoms with Crippen molar-refractivity contribution in [3.05, 3.63) is 58.8 Å². The molecule has 2 aliphatic rings. The summed E-state index contributed by atoms with van der Waals surface area (Å²) in [7, 11) is 0. The van der Waals surface area contributed by atoms with E-state index in [4.69, 9.17) is 4.74 Å². The predicted molar refractivity (Wildman–Crippen MR) is 133 cm³/mol. The highest BCUT2D eigenvalue weighted by atomic mass is 19.3. The molecule has 3 atom stereocenters. The molecule has 5 rings (SSSR count). The maximum Gasteiger partial charge on any atom is 0.387 e. The maximum absolute atomic E-state index is 15.1. The number of likely N-dealkylation sites (tertiary alicyclic amines) is 1. The van der Waals surface area contributed by atoms with Crippen molar-refractivity contribution in [2.24, 2.45) is 0 Å². The van der Waals surface area contributed by atoms with Crippen LogP contribution >= 0.6 is 0 Å². The van der Waals surface area contributed by atoms with E-state index in [1.807, 2.05) is 4.90 Å². The van der Waals surface area contributed by atoms with Crippen LogP contribution < -0.4 is 10.1 Å². The largest absolute Gasteiger partial charge is 0.434 e. The first-order valence-electron chi connectivity index (χ1n) is 12.9. The summed E-state index contributed by atoms with van der Waals surface area (Å²) in [6.45, 7) is -0.468. The molecule has 2 unspecified atom stereocenters. The Morgan fingerprint density at radius 2 is 1.77 bits per heavy atom. The van der Waals surface area contributed by atoms with Gasteiger partial charge in [0.15, 0.2) is 0 Å². The molecular formula is C27H28F8N4O. The molecule has 0 bridgehead atoms. The van der Waals surface area contributed by atoms with Gasteiger partial charge in [0.2, 0.25) is 6.30 Å². The zero-order valence-electron chi connectivity index (χ0n) is 21.4. The number of hydrogen-bond acceptors (Lipinski definition) is 4. The number of anilines is 1. The van der Waals surface area contributed by atoms with Gasteiger partial charge in [-0.3, -0.25) is 14.2 Å². The number of rotatable bonds is 10. The zero-order chi connectivity index (χ0) is 28.7. The van der Waals surface area contributed by atoms with Gasteiger partial charge in [0.1, 0.15) is 17.4 Å². The van der Waals surface area contributed by atoms with Gasteiger partial charge in [-0.15, -0.1) is 0 Å². The smallest absolute Gasteiger partial charge is 0.387 e. The van der Waals surface area contributed by atoms with E-state index in [1.165, 1.54) is 25.1 Å². The highest BCUT2D eigenvalue weighted by molar-refractivity contribution is 5.86. The van der Waals surface area contributed by atoms with Crippen LogP contribution in [-0.4, -0.2) is 72.5 Å². The van der Waals surface area contributed by atoms with Crippen molar-refractivity contribution in [3.8, 4) is 5.75 Å². The van der Waals surface area contributed by atoms with Crippen LogP contribution in [0.15, 0.2) is 30.3 Å². The third-order valence-corrected chi connectivity index (χ3v) is 7.52. The second-order valence-electron chi connectivity index (χ2n) is 10.2. The van der Waals surface area contributed by atoms with Crippen LogP contribution in [0.5, 0.6) is 5.75 Å². The summed E-state index contributed by atoms with van der Waals surface area (Å²) in [5, 5.41) is 3.07. The fourth-order valence-electron chi connectivity index (χ4n) is 5.81. The molecule has 0 spiro atoms. The molecule has 1 saturated heterocycles. The first-order valence-corrected chi connectivity index (χ1v) is 12.9. The fraction of sp³-hybridized carbons (Fsp3) is 0.481. The molecule has 3 heterocycles. The van der Waals surface area contributed by atoms with Crippen molar-refractivity contribution in [2.75, 3.05) is 31.6 Å². The molecule has 1 fully saturated rings. The van der Waals surface area contributed by atoms with Crippen LogP contribution in [0.4, 0.5) is 40.8 Å². The van der Waals surface area contributed by atoms with Gasteiger partial charge in [-0.05, 0) is 43.5 Å². The summed E-state index contributed by atoms with van der Waals surface area (Å²) in [6, 6.07) is 3.54. The number of halogens is 8. The number of hydrogen-bond donors (Lipinski definition) is 2. The lowest BCUT2D eigenvalue weighted by Crippen LogP contribution is -2.54. The first-order chi connectivity index (χ1) is 19.1. The normalized spacial score (nSPS) is 21.2. The summed E-state index contributed by atoms with van der Waals surface area (Å²) in [6.07, 6.45) is -5.94. The minimum atomic E-state index is -3.44. The highest BCUT2D eigenvalue weighted by Crippen LogP contribution is 2.46. The summed E-state index contributed by atoms with van der Waals surface area (Å²) in [5.74, 6) is -1.97. The van der Waals surface area contributed by atoms with E-state index in [2.05, 4.69) is 10.3 Å². The number of fused-ring (bicyclic) bond motifs is 3. The third kappa shape index (κ3) is 5.32. The van der Waals surface area contributed by atoms with Gasteiger partial charge in [0, 0.05) is 54.1 Å². The Morgan fingerprint density at radius 1 is 1.05 bits per heavy atom. The number of nitrogens with zero attached hydrogens (tertiary/aromatic N) is 2. The quantitative estimate of drug-likeness (QED) is 0.217. The Morgan fingerprint density at radius 3 is 2.45 bits per heavy atom. The predicted octanol–water partition coefficient (Wildman–Crippen LogP) is 6.40. The van der Waals surface area contributed by atoms with Crippen LogP contribution in [0, 0.1) is 11.6 Å². The van der Waals surface area contributed by atoms with Crippen molar-refractivity contribution in [1.29, 1.82) is 0 Å². The number of benzene rings is 2. The Labute approximate surface area is 225 Å². The summed E-state index contributed by atoms with van der Waals surface area (Å²) in [4.78, 5) is 5.56. The van der Waals surface area contributed by atoms with Crippen LogP contribution in [-0.2, 0) is 6.42 Å². The number of ether oxygens (including phenoxy) is 1. The average molecular weight is 577 g/mol. The lowest BCUT2D eigenvalue weighted by Gasteiger charge is -2.43. The van der Waals surface area contributed by atoms with E-state index >= 15 is 4.39 Å². The van der Waals surface area contributed by atoms with Crippen molar-refractivity contribution in [3.63, 3.8) is 0 Å². The van der Waals surface area contributed by atoms with E-state index in [9.17, 15) is 30.7 Å². The number of H-pyrrole nitrogens is 1. The van der Waals surface area contributed by atoms with Gasteiger partial charge < -0.3 is 15.0 Å². The maximum atomic E-state index is 15.1. The lowest BCUT2D eigenvalue weighted by molar-refractivity contribution is -0.0857. The summed E-state index contributed by atoms with van der Waals surface area (Å²) in [5.41, 5.74) is 0.350. The van der Waals surface area contributed by atoms with E-state index in [1.54, 1.807) is 0 Å². The Hall–Kier alpha value is -3.06. The summed E-state index contributed by atoms with van der Waals surface area (Å²) >= 11 is 0. The van der Waals surface area contributed by atoms with Gasteiger partial charge in [-0.25, -0.2) is 22.0 Å². The molecule has 218 valence electrons. The Balaban J connectivity index is 1.58. The third-order valence-electron chi connectivity index (χ3n) is 7.52. The van der Waals surface area contributed by atoms with Crippen molar-refractivity contribution >= 4 is 16.6 Å². The topological polar surface area (TPSA) is 43.5 Å². The average Bonchev–Trinajstić information content (AvgIpc) is 3.26. The van der Waals surface area contributed by atoms with E-state index in [0.29, 0.717) is 31.7 Å². The second-order valence-corrected chi connectivity index (χ2v) is 10.2. The van der Waals surface area contributed by atoms with Gasteiger partial charge in [-0.1, -0.05) is 6.07 Å². The Kier molecular flexibility index (Phi) is 8.14. The SMILES string of the molecule is C[C@@H]1Cc2c([nH]c3c(F)ccc(F)c23)C(c2ccc(NC3CN(CCCF)C3)cc2OC(F)F)N1C(F)C(F)F. The second kappa shape index (κ2) is 11.4. The number of alkyl halides is 6. The molecule has 2 N–H and O–H groups in total. The number of nitrogens with one attached hydrogen (secondary N) is 2. The molecule has 0 aliphatic carbocycles. The van der Waals surface area contributed by atoms with Crippen molar-refractivity contribution in [2.45, 2.75) is 57.2 Å². The van der Waals surface area contributed by atoms with Crippen molar-refractivity contribution in [1.82, 2.24) is 14.8 Å². The molecule has 40 heavy (non-hydrogen) atoms. The molecule has 2 aromatic carbocycles. The molecule has 1 aromatic heterocycles. The van der Waals surface area contributed by atoms with Gasteiger partial charge in [0.05, 0.1) is 24.3 Å². The molecule has 0 radical (unpaired) electrons. The van der Waals surface area contributed by atoms with Crippen LogP contribution in [0.25, 0.3) is 10.9 Å². The van der Waals surface area contributed by atoms with Crippen LogP contribution in [0.1, 0.15) is 36.2 Å². The van der Waals surface area contributed by atoms with E-state index in [0.717, 1.165) is 17.0 Å². The van der Waals surface area contributed by atoms with Gasteiger partial charge >= 0.3 is 6.61 Å². The van der Waals surface area contributed by atoms with Gasteiger partial charge in [0.25, 0.3) is 6.43 Å². The van der Waals surface area contributed by atoms with Gasteiger partial charge in [-0.2, -0.15) is 8.78 Å². The molecule has 0 amide bonds. The minimum Gasteiger partial charge on any atom is -0.434 e. The standard InChI is InChI=1S/C27H28F8N4O/c1-13-9-17-21-18(29)5-6-19(30)23(21)37-22(17)24(39(13)26(33)25(31)32)16-4-3-14(10-20(16)40-27(34)35)36-15-11-38(12-15)8-2-7-28/h3-6,10,13,15,24-27,36-37H,2,7-9,11-12H2,1H3/t13-,24?,26?/m1/s1. The molecule has 13 heteroatoms. The van der Waals surface area contributed by atoms with E-state index < -0.39 is 55.5 Å². The zero-order valence-corrected chi connectivity index (χ0v) is 21.4. The first kappa shape index (κ1) is 28.5. The molecule has 0 saturated carbocycles. The number of aromatic amines is 1. The molecular weight excluding hydrogens is 548 g/mol. The van der Waals surface area contributed by atoms with Crippen molar-refractivity contribution < 1.29 is 39.9 Å². The lowest BCUT2D eigenvalue weighted by atomic mass is 9.87. The van der Waals surface area contributed by atoms with E-state index in [-0.39, 0.29) is 40.2 Å². The molecule has 3 aromatic rings. The minimum absolute atomic E-state index is 0.0164. The van der Waals surface area contributed by atoms with Crippen LogP contribution in [0.2, 0.25) is 0 Å². The molecule has 5 nitrogen and oxygen atoms in total.